The van der Waals surface area contributed by atoms with Crippen LogP contribution < -0.4 is 20.1 Å². The molecule has 1 aromatic carbocycles. The molecule has 2 rings (SSSR count). The Bertz CT molecular complexity index is 501. The van der Waals surface area contributed by atoms with E-state index in [9.17, 15) is 9.59 Å². The average Bonchev–Trinajstić information content (AvgIpc) is 2.43. The van der Waals surface area contributed by atoms with Gasteiger partial charge in [-0.1, -0.05) is 6.07 Å². The lowest BCUT2D eigenvalue weighted by molar-refractivity contribution is -0.133. The molecular weight excluding hydrogens is 248 g/mol. The van der Waals surface area contributed by atoms with E-state index in [0.717, 1.165) is 5.56 Å². The number of methoxy groups -OCH3 is 2. The minimum atomic E-state index is -0.566. The van der Waals surface area contributed by atoms with E-state index in [-0.39, 0.29) is 18.4 Å². The molecule has 6 nitrogen and oxygen atoms in total. The zero-order valence-corrected chi connectivity index (χ0v) is 10.9. The monoisotopic (exact) mass is 264 g/mol. The largest absolute Gasteiger partial charge is 0.497 e. The molecule has 0 saturated carbocycles. The standard InChI is InChI=1S/C13H16N2O4/c1-18-9-4-3-8(11(6-9)19-2)5-10-13(17)14-7-12(16)15-10/h3-4,6,10H,5,7H2,1-2H3,(H,14,17)(H,15,16)/t10-/m0/s1. The number of hydrogen-bond acceptors (Lipinski definition) is 4. The van der Waals surface area contributed by atoms with Crippen molar-refractivity contribution in [3.63, 3.8) is 0 Å². The van der Waals surface area contributed by atoms with Crippen LogP contribution in [-0.4, -0.2) is 38.6 Å². The van der Waals surface area contributed by atoms with Crippen molar-refractivity contribution in [2.75, 3.05) is 20.8 Å². The Morgan fingerprint density at radius 2 is 2.05 bits per heavy atom. The van der Waals surface area contributed by atoms with Gasteiger partial charge in [-0.05, 0) is 11.6 Å². The van der Waals surface area contributed by atoms with E-state index >= 15 is 0 Å². The normalized spacial score (nSPS) is 18.5. The van der Waals surface area contributed by atoms with Gasteiger partial charge in [-0.15, -0.1) is 0 Å². The predicted molar refractivity (Wildman–Crippen MR) is 68.2 cm³/mol. The summed E-state index contributed by atoms with van der Waals surface area (Å²) in [6.45, 7) is 0.0368. The van der Waals surface area contributed by atoms with Gasteiger partial charge in [0.05, 0.1) is 20.8 Å². The highest BCUT2D eigenvalue weighted by Gasteiger charge is 2.26. The third kappa shape index (κ3) is 2.96. The molecular formula is C13H16N2O4. The van der Waals surface area contributed by atoms with Gasteiger partial charge in [0.25, 0.3) is 0 Å². The molecule has 1 atom stereocenters. The van der Waals surface area contributed by atoms with Crippen molar-refractivity contribution in [1.82, 2.24) is 10.6 Å². The van der Waals surface area contributed by atoms with Crippen LogP contribution in [-0.2, 0) is 16.0 Å². The number of carbonyl (C=O) groups excluding carboxylic acids is 2. The number of piperazine rings is 1. The number of amides is 2. The lowest BCUT2D eigenvalue weighted by atomic mass is 10.0. The minimum absolute atomic E-state index is 0.0368. The van der Waals surface area contributed by atoms with Gasteiger partial charge in [0.15, 0.2) is 0 Å². The molecule has 1 fully saturated rings. The highest BCUT2D eigenvalue weighted by molar-refractivity contribution is 5.94. The first-order chi connectivity index (χ1) is 9.13. The van der Waals surface area contributed by atoms with Gasteiger partial charge >= 0.3 is 0 Å². The van der Waals surface area contributed by atoms with Gasteiger partial charge in [0.1, 0.15) is 17.5 Å². The van der Waals surface area contributed by atoms with Crippen LogP contribution in [0.3, 0.4) is 0 Å². The summed E-state index contributed by atoms with van der Waals surface area (Å²) in [5, 5.41) is 5.20. The van der Waals surface area contributed by atoms with E-state index in [2.05, 4.69) is 10.6 Å². The van der Waals surface area contributed by atoms with Gasteiger partial charge in [-0.25, -0.2) is 0 Å². The molecule has 0 aliphatic carbocycles. The van der Waals surface area contributed by atoms with Gasteiger partial charge in [-0.2, -0.15) is 0 Å². The Hall–Kier alpha value is -2.24. The summed E-state index contributed by atoms with van der Waals surface area (Å²) in [4.78, 5) is 23.0. The van der Waals surface area contributed by atoms with Crippen molar-refractivity contribution in [3.05, 3.63) is 23.8 Å². The maximum atomic E-state index is 11.7. The Kier molecular flexibility index (Phi) is 3.89. The Balaban J connectivity index is 2.17. The molecule has 102 valence electrons. The third-order valence-electron chi connectivity index (χ3n) is 2.99. The maximum absolute atomic E-state index is 11.7. The minimum Gasteiger partial charge on any atom is -0.497 e. The van der Waals surface area contributed by atoms with E-state index in [1.807, 2.05) is 6.07 Å². The van der Waals surface area contributed by atoms with E-state index in [1.54, 1.807) is 26.4 Å². The summed E-state index contributed by atoms with van der Waals surface area (Å²) in [5.41, 5.74) is 0.839. The van der Waals surface area contributed by atoms with Crippen LogP contribution in [0.25, 0.3) is 0 Å². The SMILES string of the molecule is COc1ccc(C[C@@H]2NC(=O)CNC2=O)c(OC)c1. The molecule has 0 bridgehead atoms. The first kappa shape index (κ1) is 13.2. The fourth-order valence-electron chi connectivity index (χ4n) is 1.99. The molecule has 1 aliphatic rings. The molecule has 1 aromatic rings. The number of ether oxygens (including phenoxy) is 2. The van der Waals surface area contributed by atoms with Crippen LogP contribution in [0.4, 0.5) is 0 Å². The molecule has 0 aromatic heterocycles. The van der Waals surface area contributed by atoms with Crippen molar-refractivity contribution in [1.29, 1.82) is 0 Å². The molecule has 1 aliphatic heterocycles. The molecule has 0 unspecified atom stereocenters. The first-order valence-electron chi connectivity index (χ1n) is 5.92. The van der Waals surface area contributed by atoms with Crippen molar-refractivity contribution in [3.8, 4) is 11.5 Å². The number of hydrogen-bond donors (Lipinski definition) is 2. The van der Waals surface area contributed by atoms with Crippen molar-refractivity contribution in [2.45, 2.75) is 12.5 Å². The van der Waals surface area contributed by atoms with Crippen LogP contribution in [0.2, 0.25) is 0 Å². The number of nitrogens with one attached hydrogen (secondary N) is 2. The second-order valence-electron chi connectivity index (χ2n) is 4.22. The maximum Gasteiger partial charge on any atom is 0.243 e. The van der Waals surface area contributed by atoms with Crippen LogP contribution in [0.1, 0.15) is 5.56 Å². The number of benzene rings is 1. The van der Waals surface area contributed by atoms with Crippen molar-refractivity contribution >= 4 is 11.8 Å². The second kappa shape index (κ2) is 5.60. The van der Waals surface area contributed by atoms with Crippen LogP contribution >= 0.6 is 0 Å². The van der Waals surface area contributed by atoms with Crippen LogP contribution in [0.15, 0.2) is 18.2 Å². The Morgan fingerprint density at radius 1 is 1.26 bits per heavy atom. The van der Waals surface area contributed by atoms with Gasteiger partial charge < -0.3 is 20.1 Å². The molecule has 1 heterocycles. The summed E-state index contributed by atoms with van der Waals surface area (Å²) < 4.78 is 10.4. The Labute approximate surface area is 111 Å². The van der Waals surface area contributed by atoms with E-state index in [4.69, 9.17) is 9.47 Å². The second-order valence-corrected chi connectivity index (χ2v) is 4.22. The quantitative estimate of drug-likeness (QED) is 0.793. The fraction of sp³-hybridized carbons (Fsp3) is 0.385. The van der Waals surface area contributed by atoms with Crippen LogP contribution in [0, 0.1) is 0 Å². The van der Waals surface area contributed by atoms with E-state index in [0.29, 0.717) is 17.9 Å². The molecule has 0 spiro atoms. The molecule has 2 N–H and O–H groups in total. The average molecular weight is 264 g/mol. The molecule has 2 amide bonds. The van der Waals surface area contributed by atoms with Gasteiger partial charge in [0.2, 0.25) is 11.8 Å². The fourth-order valence-corrected chi connectivity index (χ4v) is 1.99. The van der Waals surface area contributed by atoms with E-state index < -0.39 is 6.04 Å². The van der Waals surface area contributed by atoms with Crippen LogP contribution in [0.5, 0.6) is 11.5 Å². The summed E-state index contributed by atoms with van der Waals surface area (Å²) in [7, 11) is 3.13. The lowest BCUT2D eigenvalue weighted by Gasteiger charge is -2.23. The zero-order chi connectivity index (χ0) is 13.8. The summed E-state index contributed by atoms with van der Waals surface area (Å²) in [6, 6.07) is 4.80. The third-order valence-corrected chi connectivity index (χ3v) is 2.99. The van der Waals surface area contributed by atoms with Gasteiger partial charge in [0, 0.05) is 12.5 Å². The van der Waals surface area contributed by atoms with Gasteiger partial charge in [-0.3, -0.25) is 9.59 Å². The molecule has 0 radical (unpaired) electrons. The van der Waals surface area contributed by atoms with Crippen molar-refractivity contribution in [2.24, 2.45) is 0 Å². The number of rotatable bonds is 4. The Morgan fingerprint density at radius 3 is 2.74 bits per heavy atom. The molecule has 6 heteroatoms. The topological polar surface area (TPSA) is 76.7 Å². The smallest absolute Gasteiger partial charge is 0.243 e. The molecule has 1 saturated heterocycles. The van der Waals surface area contributed by atoms with Crippen molar-refractivity contribution < 1.29 is 19.1 Å². The predicted octanol–water partition coefficient (Wildman–Crippen LogP) is -0.139. The zero-order valence-electron chi connectivity index (χ0n) is 10.9. The summed E-state index contributed by atoms with van der Waals surface area (Å²) in [6.07, 6.45) is 0.380. The highest BCUT2D eigenvalue weighted by Crippen LogP contribution is 2.25. The highest BCUT2D eigenvalue weighted by atomic mass is 16.5. The van der Waals surface area contributed by atoms with E-state index in [1.165, 1.54) is 0 Å². The first-order valence-corrected chi connectivity index (χ1v) is 5.92. The lowest BCUT2D eigenvalue weighted by Crippen LogP contribution is -2.56. The molecule has 19 heavy (non-hydrogen) atoms. The number of carbonyl (C=O) groups is 2. The summed E-state index contributed by atoms with van der Waals surface area (Å²) in [5.74, 6) is 0.944. The summed E-state index contributed by atoms with van der Waals surface area (Å²) >= 11 is 0.